The summed E-state index contributed by atoms with van der Waals surface area (Å²) in [6.45, 7) is 8.64. The smallest absolute Gasteiger partial charge is 0.331 e. The molecule has 7 rings (SSSR count). The van der Waals surface area contributed by atoms with Gasteiger partial charge in [-0.15, -0.1) is 9.24 Å². The Hall–Kier alpha value is -4.23. The first kappa shape index (κ1) is 29.5. The monoisotopic (exact) mass is 599 g/mol. The van der Waals surface area contributed by atoms with Crippen LogP contribution in [0.25, 0.3) is 65.7 Å². The van der Waals surface area contributed by atoms with Crippen LogP contribution >= 0.6 is 9.24 Å². The Labute approximate surface area is 269 Å². The van der Waals surface area contributed by atoms with Gasteiger partial charge in [-0.05, 0) is 91.1 Å². The highest BCUT2D eigenvalue weighted by molar-refractivity contribution is 7.19. The van der Waals surface area contributed by atoms with E-state index < -0.39 is 0 Å². The molecule has 0 bridgehead atoms. The molecule has 3 heteroatoms. The number of hydrogen-bond donors (Lipinski definition) is 0. The molecule has 45 heavy (non-hydrogen) atoms. The molecular formula is C42H37BOP. The predicted octanol–water partition coefficient (Wildman–Crippen LogP) is 10.8. The molecular weight excluding hydrogens is 562 g/mol. The van der Waals surface area contributed by atoms with Crippen molar-refractivity contribution in [2.24, 2.45) is 0 Å². The van der Waals surface area contributed by atoms with Crippen molar-refractivity contribution in [3.05, 3.63) is 140 Å². The first-order valence-electron chi connectivity index (χ1n) is 15.6. The molecule has 7 aromatic carbocycles. The molecule has 0 aromatic heterocycles. The van der Waals surface area contributed by atoms with Crippen LogP contribution in [0.15, 0.2) is 140 Å². The van der Waals surface area contributed by atoms with Crippen molar-refractivity contribution >= 4 is 54.5 Å². The molecule has 0 fully saturated rings. The Morgan fingerprint density at radius 1 is 0.444 bits per heavy atom. The Morgan fingerprint density at radius 2 is 0.844 bits per heavy atom. The van der Waals surface area contributed by atoms with Crippen LogP contribution in [-0.2, 0) is 4.65 Å². The van der Waals surface area contributed by atoms with Crippen LogP contribution in [0.1, 0.15) is 27.7 Å². The van der Waals surface area contributed by atoms with Crippen LogP contribution in [0.5, 0.6) is 0 Å². The van der Waals surface area contributed by atoms with E-state index in [4.69, 9.17) is 4.65 Å². The summed E-state index contributed by atoms with van der Waals surface area (Å²) >= 11 is 0. The van der Waals surface area contributed by atoms with Gasteiger partial charge in [0, 0.05) is 5.16 Å². The highest BCUT2D eigenvalue weighted by atomic mass is 31.0. The summed E-state index contributed by atoms with van der Waals surface area (Å²) < 4.78 is 6.44. The lowest BCUT2D eigenvalue weighted by atomic mass is 9.78. The van der Waals surface area contributed by atoms with Gasteiger partial charge in [-0.25, -0.2) is 0 Å². The maximum atomic E-state index is 6.44. The molecule has 0 saturated carbocycles. The lowest BCUT2D eigenvalue weighted by molar-refractivity contribution is 0.0841. The van der Waals surface area contributed by atoms with Gasteiger partial charge in [-0.3, -0.25) is 0 Å². The fourth-order valence-corrected chi connectivity index (χ4v) is 6.27. The maximum Gasteiger partial charge on any atom is 0.331 e. The molecule has 219 valence electrons. The minimum atomic E-state index is -0.359. The third-order valence-electron chi connectivity index (χ3n) is 9.48. The largest absolute Gasteiger partial charge is 0.429 e. The van der Waals surface area contributed by atoms with Crippen molar-refractivity contribution in [3.63, 3.8) is 0 Å². The van der Waals surface area contributed by atoms with Gasteiger partial charge in [-0.1, -0.05) is 147 Å². The zero-order valence-electron chi connectivity index (χ0n) is 26.3. The van der Waals surface area contributed by atoms with E-state index in [-0.39, 0.29) is 10.8 Å². The molecule has 1 nitrogen and oxygen atoms in total. The zero-order chi connectivity index (χ0) is 31.2. The second-order valence-corrected chi connectivity index (χ2v) is 14.4. The van der Waals surface area contributed by atoms with Crippen molar-refractivity contribution in [2.75, 3.05) is 0 Å². The zero-order valence-corrected chi connectivity index (χ0v) is 27.5. The summed E-state index contributed by atoms with van der Waals surface area (Å²) in [5.74, 6) is 0. The highest BCUT2D eigenvalue weighted by Crippen LogP contribution is 2.41. The van der Waals surface area contributed by atoms with Crippen molar-refractivity contribution in [2.45, 2.75) is 38.5 Å². The van der Waals surface area contributed by atoms with Crippen molar-refractivity contribution < 1.29 is 4.65 Å². The minimum absolute atomic E-state index is 0.0905. The molecule has 7 aromatic rings. The summed E-state index contributed by atoms with van der Waals surface area (Å²) in [4.78, 5) is 0. The van der Waals surface area contributed by atoms with Crippen LogP contribution in [0.4, 0.5) is 0 Å². The van der Waals surface area contributed by atoms with E-state index in [2.05, 4.69) is 176 Å². The van der Waals surface area contributed by atoms with Crippen molar-refractivity contribution in [1.29, 1.82) is 0 Å². The van der Waals surface area contributed by atoms with Gasteiger partial charge in [-0.2, -0.15) is 0 Å². The van der Waals surface area contributed by atoms with Crippen LogP contribution in [0.2, 0.25) is 0 Å². The fourth-order valence-electron chi connectivity index (χ4n) is 6.21. The van der Waals surface area contributed by atoms with E-state index in [9.17, 15) is 0 Å². The molecule has 1 unspecified atom stereocenters. The van der Waals surface area contributed by atoms with Gasteiger partial charge in [0.1, 0.15) is 0 Å². The molecule has 0 aliphatic carbocycles. The molecule has 0 heterocycles. The number of fused-ring (bicyclic) bond motifs is 6. The summed E-state index contributed by atoms with van der Waals surface area (Å²) in [5, 5.41) is 7.64. The van der Waals surface area contributed by atoms with E-state index in [0.717, 1.165) is 11.0 Å². The SMILES string of the molecule is CC(C)(P)C(C)(C)O[B]c1ccccc1-c1ccccc1-c1ccccc1-c1ccc2c3ccccc3c3ccccc3c2c1. The standard InChI is InChI=1S/C42H37BOP/c1-41(2,42(3,4)45)44-43-40-24-14-13-23-38(40)35-21-11-9-17-31(35)30-16-6-5-15-29(30)28-25-26-37-34-20-8-7-18-32(34)33-19-10-12-22-36(33)39(37)27-28/h5-27H,45H2,1-4H3. The average molecular weight is 600 g/mol. The van der Waals surface area contributed by atoms with Crippen LogP contribution < -0.4 is 5.46 Å². The summed E-state index contributed by atoms with van der Waals surface area (Å²) in [5.41, 5.74) is 7.87. The Kier molecular flexibility index (Phi) is 7.61. The molecule has 0 aliphatic rings. The summed E-state index contributed by atoms with van der Waals surface area (Å²) in [7, 11) is 4.86. The maximum absolute atomic E-state index is 6.44. The van der Waals surface area contributed by atoms with Gasteiger partial charge in [0.25, 0.3) is 0 Å². The second kappa shape index (κ2) is 11.6. The Morgan fingerprint density at radius 3 is 1.40 bits per heavy atom. The molecule has 1 atom stereocenters. The minimum Gasteiger partial charge on any atom is -0.429 e. The highest BCUT2D eigenvalue weighted by Gasteiger charge is 2.34. The van der Waals surface area contributed by atoms with Gasteiger partial charge in [0.05, 0.1) is 5.60 Å². The Bertz CT molecular complexity index is 2160. The Balaban J connectivity index is 1.37. The molecule has 0 aliphatic heterocycles. The van der Waals surface area contributed by atoms with Crippen LogP contribution in [-0.4, -0.2) is 18.2 Å². The average Bonchev–Trinajstić information content (AvgIpc) is 3.07. The van der Waals surface area contributed by atoms with Crippen molar-refractivity contribution in [3.8, 4) is 33.4 Å². The lowest BCUT2D eigenvalue weighted by Crippen LogP contribution is -2.45. The molecule has 0 N–H and O–H groups in total. The van der Waals surface area contributed by atoms with E-state index in [1.807, 2.05) is 7.48 Å². The van der Waals surface area contributed by atoms with E-state index in [0.29, 0.717) is 0 Å². The van der Waals surface area contributed by atoms with Gasteiger partial charge < -0.3 is 4.65 Å². The topological polar surface area (TPSA) is 9.23 Å². The normalized spacial score (nSPS) is 12.2. The molecule has 0 spiro atoms. The quantitative estimate of drug-likeness (QED) is 0.101. The molecule has 1 radical (unpaired) electrons. The predicted molar refractivity (Wildman–Crippen MR) is 200 cm³/mol. The van der Waals surface area contributed by atoms with Gasteiger partial charge in [0.2, 0.25) is 0 Å². The molecule has 0 saturated heterocycles. The van der Waals surface area contributed by atoms with Crippen LogP contribution in [0.3, 0.4) is 0 Å². The summed E-state index contributed by atoms with van der Waals surface area (Å²) in [6.07, 6.45) is 0. The van der Waals surface area contributed by atoms with Crippen LogP contribution in [0, 0.1) is 0 Å². The lowest BCUT2D eigenvalue weighted by Gasteiger charge is -2.39. The van der Waals surface area contributed by atoms with Crippen molar-refractivity contribution in [1.82, 2.24) is 0 Å². The van der Waals surface area contributed by atoms with E-state index >= 15 is 0 Å². The van der Waals surface area contributed by atoms with E-state index in [1.165, 1.54) is 60.1 Å². The number of rotatable bonds is 7. The number of benzene rings is 7. The van der Waals surface area contributed by atoms with Gasteiger partial charge in [0.15, 0.2) is 0 Å². The third kappa shape index (κ3) is 5.37. The first-order chi connectivity index (χ1) is 21.7. The summed E-state index contributed by atoms with van der Waals surface area (Å²) in [6, 6.07) is 50.6. The number of hydrogen-bond acceptors (Lipinski definition) is 1. The van der Waals surface area contributed by atoms with Gasteiger partial charge >= 0.3 is 7.48 Å². The second-order valence-electron chi connectivity index (χ2n) is 13.0. The fraction of sp³-hybridized carbons (Fsp3) is 0.143. The molecule has 0 amide bonds. The van der Waals surface area contributed by atoms with E-state index in [1.54, 1.807) is 0 Å². The third-order valence-corrected chi connectivity index (χ3v) is 10.2. The first-order valence-corrected chi connectivity index (χ1v) is 16.2.